The van der Waals surface area contributed by atoms with Crippen LogP contribution < -0.4 is 52.2 Å². The lowest BCUT2D eigenvalue weighted by Gasteiger charge is -2.53. The zero-order valence-corrected chi connectivity index (χ0v) is 51.0. The Morgan fingerprint density at radius 1 is 0.924 bits per heavy atom. The molecule has 3 saturated heterocycles. The Bertz CT molecular complexity index is 3620. The number of ether oxygens (including phenoxy) is 5. The zero-order valence-electron chi connectivity index (χ0n) is 51.0. The zero-order chi connectivity index (χ0) is 64.2. The summed E-state index contributed by atoms with van der Waals surface area (Å²) in [7, 11) is 0. The fraction of sp³-hybridized carbons (Fsp3) is 0.500. The molecule has 7 aliphatic heterocycles. The van der Waals surface area contributed by atoms with Crippen LogP contribution in [0, 0.1) is 29.6 Å². The minimum absolute atomic E-state index is 0.0336. The largest absolute Gasteiger partial charge is 0.486 e. The normalized spacial score (nSPS) is 32.1. The van der Waals surface area contributed by atoms with Gasteiger partial charge in [0.25, 0.3) is 0 Å². The van der Waals surface area contributed by atoms with Gasteiger partial charge in [-0.25, -0.2) is 5.43 Å². The molecule has 4 fully saturated rings. The number of carbonyl (C=O) groups excluding carboxylic acids is 4. The second-order valence-electron chi connectivity index (χ2n) is 25.9. The van der Waals surface area contributed by atoms with Gasteiger partial charge in [0.05, 0.1) is 68.0 Å². The number of hydrogen-bond donors (Lipinski definition) is 14. The van der Waals surface area contributed by atoms with E-state index in [-0.39, 0.29) is 104 Å². The number of fused-ring (bicyclic) bond motifs is 12. The summed E-state index contributed by atoms with van der Waals surface area (Å²) in [5, 5.41) is 97.7. The molecule has 4 aromatic rings. The summed E-state index contributed by atoms with van der Waals surface area (Å²) >= 11 is 0. The Balaban J connectivity index is 1.08. The first-order valence-electron chi connectivity index (χ1n) is 31.9. The van der Waals surface area contributed by atoms with Gasteiger partial charge in [0, 0.05) is 59.3 Å². The topological polar surface area (TPSA) is 357 Å². The van der Waals surface area contributed by atoms with Crippen LogP contribution in [-0.2, 0) is 43.2 Å². The highest BCUT2D eigenvalue weighted by Gasteiger charge is 2.65. The van der Waals surface area contributed by atoms with Crippen LogP contribution in [0.25, 0.3) is 0 Å². The molecular weight excluding hydrogens is 1180 g/mol. The Kier molecular flexibility index (Phi) is 18.2. The van der Waals surface area contributed by atoms with Crippen LogP contribution in [0.4, 0.5) is 5.69 Å². The van der Waals surface area contributed by atoms with Crippen molar-refractivity contribution in [2.24, 2.45) is 23.5 Å². The van der Waals surface area contributed by atoms with Crippen molar-refractivity contribution in [3.8, 4) is 23.3 Å². The van der Waals surface area contributed by atoms with Crippen LogP contribution in [0.3, 0.4) is 0 Å². The number of hydrogen-bond acceptors (Lipinski definition) is 23. The number of dihydropyridines is 1. The predicted molar refractivity (Wildman–Crippen MR) is 331 cm³/mol. The Morgan fingerprint density at radius 3 is 2.52 bits per heavy atom. The summed E-state index contributed by atoms with van der Waals surface area (Å²) in [5.74, 6) is 1.24. The highest BCUT2D eigenvalue weighted by atomic mass is 16.7. The number of nitrogens with two attached hydrogens (primary N) is 1. The van der Waals surface area contributed by atoms with E-state index >= 15 is 9.59 Å². The SMILES string of the molecule is CC(O)CNNC1=CC(C2COC3C4Oc5c(cc6c(c5OCC(O)CC=O)C(=O)c5cc(CO)ccc5C6=O)C(c5ccccc5N5CNC6C(=O)NC(N)NC65)C5CCC(O)C(C#CC(O)(C3O)C(O4)C3(CCCC3)OC5)Cc3cccc(c3)CC2O)=CCN1. The summed E-state index contributed by atoms with van der Waals surface area (Å²) in [6.45, 7) is 0.767. The van der Waals surface area contributed by atoms with Crippen LogP contribution in [0.5, 0.6) is 11.5 Å². The Labute approximate surface area is 531 Å². The Morgan fingerprint density at radius 2 is 1.73 bits per heavy atom. The molecule has 15 N–H and O–H groups in total. The third-order valence-electron chi connectivity index (χ3n) is 19.7. The van der Waals surface area contributed by atoms with Crippen molar-refractivity contribution in [2.45, 2.75) is 156 Å². The highest BCUT2D eigenvalue weighted by Crippen LogP contribution is 2.55. The number of rotatable bonds is 13. The van der Waals surface area contributed by atoms with E-state index in [0.29, 0.717) is 66.7 Å². The van der Waals surface area contributed by atoms with Crippen molar-refractivity contribution in [3.05, 3.63) is 146 Å². The number of allylic oxidation sites excluding steroid dienone is 1. The van der Waals surface area contributed by atoms with E-state index in [1.807, 2.05) is 59.5 Å². The lowest BCUT2D eigenvalue weighted by Crippen LogP contribution is -2.72. The van der Waals surface area contributed by atoms with Crippen LogP contribution >= 0.6 is 0 Å². The number of nitrogens with one attached hydrogen (secondary N) is 6. The molecule has 24 nitrogen and oxygen atoms in total. The molecule has 0 aromatic heterocycles. The molecule has 1 amide bonds. The van der Waals surface area contributed by atoms with Crippen molar-refractivity contribution in [3.63, 3.8) is 0 Å². The van der Waals surface area contributed by atoms with Gasteiger partial charge in [-0.2, -0.15) is 0 Å². The monoisotopic (exact) mass is 1260 g/mol. The smallest absolute Gasteiger partial charge is 0.242 e. The number of para-hydroxylation sites is 1. The van der Waals surface area contributed by atoms with Crippen LogP contribution in [-0.4, -0.2) is 178 Å². The average Bonchev–Trinajstić information content (AvgIpc) is 1.21. The fourth-order valence-electron chi connectivity index (χ4n) is 15.1. The molecule has 1 saturated carbocycles. The number of aliphatic hydroxyl groups is 7. The molecule has 16 unspecified atom stereocenters. The molecule has 7 heterocycles. The maximum Gasteiger partial charge on any atom is 0.242 e. The van der Waals surface area contributed by atoms with E-state index in [4.69, 9.17) is 29.4 Å². The van der Waals surface area contributed by atoms with Gasteiger partial charge < -0.3 is 85.2 Å². The summed E-state index contributed by atoms with van der Waals surface area (Å²) in [4.78, 5) is 58.9. The molecule has 1 spiro atoms. The van der Waals surface area contributed by atoms with E-state index in [0.717, 1.165) is 11.1 Å². The third kappa shape index (κ3) is 12.0. The second-order valence-corrected chi connectivity index (χ2v) is 25.9. The molecule has 16 atom stereocenters. The quantitative estimate of drug-likeness (QED) is 0.0430. The minimum Gasteiger partial charge on any atom is -0.486 e. The molecule has 24 heteroatoms. The first-order valence-corrected chi connectivity index (χ1v) is 31.9. The number of aliphatic hydroxyl groups excluding tert-OH is 6. The van der Waals surface area contributed by atoms with Gasteiger partial charge >= 0.3 is 0 Å². The number of ketones is 2. The molecule has 8 bridgehead atoms. The van der Waals surface area contributed by atoms with Crippen molar-refractivity contribution in [1.82, 2.24) is 32.1 Å². The summed E-state index contributed by atoms with van der Waals surface area (Å²) in [6.07, 6.45) is -6.99. The number of carbonyl (C=O) groups is 4. The molecular formula is C68H80N8O16. The van der Waals surface area contributed by atoms with E-state index < -0.39 is 127 Å². The Hall–Kier alpha value is -7.16. The van der Waals surface area contributed by atoms with E-state index in [2.05, 4.69) is 44.0 Å². The first-order chi connectivity index (χ1) is 44.4. The number of anilines is 1. The van der Waals surface area contributed by atoms with Crippen molar-refractivity contribution < 1.29 is 78.6 Å². The number of hydrazine groups is 1. The molecule has 488 valence electrons. The first kappa shape index (κ1) is 63.6. The van der Waals surface area contributed by atoms with Crippen LogP contribution in [0.2, 0.25) is 0 Å². The van der Waals surface area contributed by atoms with Gasteiger partial charge in [-0.15, -0.1) is 0 Å². The summed E-state index contributed by atoms with van der Waals surface area (Å²) < 4.78 is 36.1. The minimum atomic E-state index is -2.55. The number of amides is 1. The molecule has 9 aliphatic rings. The maximum absolute atomic E-state index is 15.6. The van der Waals surface area contributed by atoms with Gasteiger partial charge in [0.2, 0.25) is 12.2 Å². The van der Waals surface area contributed by atoms with Crippen molar-refractivity contribution in [2.75, 3.05) is 44.5 Å². The molecule has 2 aliphatic carbocycles. The van der Waals surface area contributed by atoms with Gasteiger partial charge in [0.15, 0.2) is 28.7 Å². The number of nitrogens with zero attached hydrogens (tertiary/aromatic N) is 1. The van der Waals surface area contributed by atoms with Crippen molar-refractivity contribution in [1.29, 1.82) is 0 Å². The van der Waals surface area contributed by atoms with Gasteiger partial charge in [0.1, 0.15) is 55.5 Å². The van der Waals surface area contributed by atoms with Gasteiger partial charge in [-0.05, 0) is 110 Å². The van der Waals surface area contributed by atoms with Crippen LogP contribution in [0.1, 0.15) is 117 Å². The van der Waals surface area contributed by atoms with Gasteiger partial charge in [-0.3, -0.25) is 30.8 Å². The second kappa shape index (κ2) is 26.3. The molecule has 92 heavy (non-hydrogen) atoms. The van der Waals surface area contributed by atoms with E-state index in [9.17, 15) is 45.3 Å². The van der Waals surface area contributed by atoms with E-state index in [1.165, 1.54) is 12.1 Å². The maximum atomic E-state index is 15.6. The van der Waals surface area contributed by atoms with E-state index in [1.54, 1.807) is 25.1 Å². The van der Waals surface area contributed by atoms with Crippen LogP contribution in [0.15, 0.2) is 96.3 Å². The standard InChI is InChI=1S/C68H80N8O16/c1-35(79)29-72-75-52-27-39(16-21-70-52)48-33-89-60-61(85)68(87)20-15-40(24-36-7-6-8-37(23-36)26-51(48)82)50(81)14-12-41-31-90-67(18-4-5-19-67)65(68)92-64(60)91-58-47(53(41)44-9-2-3-10-49(44)76-34-71-55-62(76)73-66(69)74-63(55)86)28-46-54(59(58)88-32-42(80)17-22-77)57(84)45-25-38(30-78)11-13-43(45)56(46)83/h2-3,6-11,13,16,22-23,25,27-28,35,40-42,48,50-51,53,55,60-62,64-66,70-73,75,78-82,85,87H,4-5,12,14,17-19,21,24,26,29-34,69H2,1H3,(H,74,86). The van der Waals surface area contributed by atoms with Crippen molar-refractivity contribution >= 4 is 29.4 Å². The molecule has 0 radical (unpaired) electrons. The fourth-order valence-corrected chi connectivity index (χ4v) is 15.1. The number of benzene rings is 4. The lowest BCUT2D eigenvalue weighted by atomic mass is 9.73. The third-order valence-corrected chi connectivity index (χ3v) is 19.7. The summed E-state index contributed by atoms with van der Waals surface area (Å²) in [5.41, 5.74) is 12.1. The average molecular weight is 1270 g/mol. The lowest BCUT2D eigenvalue weighted by molar-refractivity contribution is -0.336. The molecule has 13 rings (SSSR count). The molecule has 4 aromatic carbocycles. The highest BCUT2D eigenvalue weighted by molar-refractivity contribution is 6.29. The predicted octanol–water partition coefficient (Wildman–Crippen LogP) is 0.375. The summed E-state index contributed by atoms with van der Waals surface area (Å²) in [6, 6.07) is 20.5. The van der Waals surface area contributed by atoms with Gasteiger partial charge in [-0.1, -0.05) is 79.3 Å². The number of aldehydes is 1.